The van der Waals surface area contributed by atoms with Crippen LogP contribution in [0.15, 0.2) is 18.2 Å². The van der Waals surface area contributed by atoms with E-state index in [-0.39, 0.29) is 0 Å². The molecule has 2 nitrogen and oxygen atoms in total. The predicted octanol–water partition coefficient (Wildman–Crippen LogP) is 1.75. The molecule has 0 aromatic heterocycles. The molecular formula is C15H24NO+. The number of hydrogen-bond donors (Lipinski definition) is 1. The van der Waals surface area contributed by atoms with E-state index in [0.717, 1.165) is 12.4 Å². The largest absolute Gasteiger partial charge is 0.493 e. The number of quaternary nitrogens is 1. The second-order valence-electron chi connectivity index (χ2n) is 5.18. The number of aryl methyl sites for hydroxylation is 2. The fourth-order valence-corrected chi connectivity index (χ4v) is 2.59. The highest BCUT2D eigenvalue weighted by atomic mass is 16.5. The molecule has 1 aromatic carbocycles. The minimum absolute atomic E-state index is 0.855. The van der Waals surface area contributed by atoms with Crippen LogP contribution in [0.4, 0.5) is 0 Å². The van der Waals surface area contributed by atoms with Gasteiger partial charge >= 0.3 is 0 Å². The molecule has 1 fully saturated rings. The molecule has 0 amide bonds. The third-order valence-electron chi connectivity index (χ3n) is 3.57. The van der Waals surface area contributed by atoms with Gasteiger partial charge in [-0.2, -0.15) is 0 Å². The van der Waals surface area contributed by atoms with E-state index in [1.807, 2.05) is 0 Å². The molecule has 0 bridgehead atoms. The molecule has 1 aliphatic rings. The summed E-state index contributed by atoms with van der Waals surface area (Å²) in [6.07, 6.45) is 3.99. The van der Waals surface area contributed by atoms with Crippen molar-refractivity contribution in [3.8, 4) is 5.75 Å². The van der Waals surface area contributed by atoms with Gasteiger partial charge in [0.25, 0.3) is 0 Å². The van der Waals surface area contributed by atoms with Crippen LogP contribution in [-0.4, -0.2) is 26.2 Å². The lowest BCUT2D eigenvalue weighted by atomic mass is 10.1. The van der Waals surface area contributed by atoms with Crippen molar-refractivity contribution in [2.75, 3.05) is 26.2 Å². The maximum atomic E-state index is 5.84. The van der Waals surface area contributed by atoms with E-state index in [1.165, 1.54) is 50.0 Å². The lowest BCUT2D eigenvalue weighted by Gasteiger charge is -2.13. The monoisotopic (exact) mass is 234 g/mol. The van der Waals surface area contributed by atoms with Crippen LogP contribution in [-0.2, 0) is 0 Å². The van der Waals surface area contributed by atoms with Gasteiger partial charge in [0.1, 0.15) is 5.75 Å². The first-order valence-corrected chi connectivity index (χ1v) is 6.79. The third-order valence-corrected chi connectivity index (χ3v) is 3.57. The first-order chi connectivity index (χ1) is 8.25. The van der Waals surface area contributed by atoms with Gasteiger partial charge in [0.15, 0.2) is 0 Å². The predicted molar refractivity (Wildman–Crippen MR) is 70.8 cm³/mol. The zero-order valence-corrected chi connectivity index (χ0v) is 11.1. The molecule has 0 saturated carbocycles. The fourth-order valence-electron chi connectivity index (χ4n) is 2.59. The lowest BCUT2D eigenvalue weighted by molar-refractivity contribution is -0.887. The summed E-state index contributed by atoms with van der Waals surface area (Å²) in [5.74, 6) is 1.05. The van der Waals surface area contributed by atoms with Gasteiger partial charge in [0, 0.05) is 19.3 Å². The van der Waals surface area contributed by atoms with Crippen molar-refractivity contribution in [1.82, 2.24) is 0 Å². The Morgan fingerprint density at radius 1 is 1.18 bits per heavy atom. The molecule has 17 heavy (non-hydrogen) atoms. The SMILES string of the molecule is Cc1ccc(OCCC[NH+]2CCCC2)c(C)c1. The Bertz CT molecular complexity index is 356. The van der Waals surface area contributed by atoms with Crippen molar-refractivity contribution in [2.24, 2.45) is 0 Å². The molecule has 1 N–H and O–H groups in total. The quantitative estimate of drug-likeness (QED) is 0.766. The molecule has 2 heteroatoms. The molecule has 1 aliphatic heterocycles. The third kappa shape index (κ3) is 3.74. The van der Waals surface area contributed by atoms with Crippen LogP contribution >= 0.6 is 0 Å². The highest BCUT2D eigenvalue weighted by molar-refractivity contribution is 5.35. The van der Waals surface area contributed by atoms with E-state index < -0.39 is 0 Å². The first-order valence-electron chi connectivity index (χ1n) is 6.79. The second kappa shape index (κ2) is 6.06. The fraction of sp³-hybridized carbons (Fsp3) is 0.600. The number of nitrogens with one attached hydrogen (secondary N) is 1. The first kappa shape index (κ1) is 12.4. The highest BCUT2D eigenvalue weighted by Crippen LogP contribution is 2.18. The molecule has 1 aromatic rings. The zero-order valence-electron chi connectivity index (χ0n) is 11.1. The Hall–Kier alpha value is -1.02. The van der Waals surface area contributed by atoms with Gasteiger partial charge in [-0.3, -0.25) is 0 Å². The zero-order chi connectivity index (χ0) is 12.1. The molecule has 0 unspecified atom stereocenters. The van der Waals surface area contributed by atoms with E-state index in [0.29, 0.717) is 0 Å². The van der Waals surface area contributed by atoms with Gasteiger partial charge < -0.3 is 9.64 Å². The Kier molecular flexibility index (Phi) is 4.43. The minimum Gasteiger partial charge on any atom is -0.493 e. The van der Waals surface area contributed by atoms with Crippen LogP contribution in [0.5, 0.6) is 5.75 Å². The van der Waals surface area contributed by atoms with Gasteiger partial charge in [0.05, 0.1) is 26.2 Å². The average molecular weight is 234 g/mol. The topological polar surface area (TPSA) is 13.7 Å². The summed E-state index contributed by atoms with van der Waals surface area (Å²) in [6, 6.07) is 6.39. The van der Waals surface area contributed by atoms with Crippen molar-refractivity contribution < 1.29 is 9.64 Å². The number of ether oxygens (including phenoxy) is 1. The minimum atomic E-state index is 0.855. The maximum Gasteiger partial charge on any atom is 0.122 e. The van der Waals surface area contributed by atoms with Crippen LogP contribution in [0.1, 0.15) is 30.4 Å². The molecular weight excluding hydrogens is 210 g/mol. The van der Waals surface area contributed by atoms with Gasteiger partial charge in [-0.25, -0.2) is 0 Å². The molecule has 2 rings (SSSR count). The Balaban J connectivity index is 1.70. The Morgan fingerprint density at radius 3 is 2.65 bits per heavy atom. The molecule has 0 spiro atoms. The summed E-state index contributed by atoms with van der Waals surface area (Å²) in [4.78, 5) is 1.76. The van der Waals surface area contributed by atoms with E-state index in [1.54, 1.807) is 4.90 Å². The van der Waals surface area contributed by atoms with Crippen LogP contribution in [0.2, 0.25) is 0 Å². The number of benzene rings is 1. The number of rotatable bonds is 5. The highest BCUT2D eigenvalue weighted by Gasteiger charge is 2.14. The maximum absolute atomic E-state index is 5.84. The van der Waals surface area contributed by atoms with Crippen molar-refractivity contribution in [3.63, 3.8) is 0 Å². The summed E-state index contributed by atoms with van der Waals surface area (Å²) in [5.41, 5.74) is 2.55. The van der Waals surface area contributed by atoms with Crippen LogP contribution < -0.4 is 9.64 Å². The van der Waals surface area contributed by atoms with Gasteiger partial charge in [0.2, 0.25) is 0 Å². The van der Waals surface area contributed by atoms with E-state index >= 15 is 0 Å². The van der Waals surface area contributed by atoms with Gasteiger partial charge in [-0.1, -0.05) is 17.7 Å². The normalized spacial score (nSPS) is 16.4. The van der Waals surface area contributed by atoms with Crippen LogP contribution in [0, 0.1) is 13.8 Å². The number of likely N-dealkylation sites (tertiary alicyclic amines) is 1. The van der Waals surface area contributed by atoms with Crippen molar-refractivity contribution in [1.29, 1.82) is 0 Å². The van der Waals surface area contributed by atoms with E-state index in [4.69, 9.17) is 4.74 Å². The Labute approximate surface area is 105 Å². The molecule has 0 radical (unpaired) electrons. The summed E-state index contributed by atoms with van der Waals surface area (Å²) in [7, 11) is 0. The van der Waals surface area contributed by atoms with Crippen LogP contribution in [0.25, 0.3) is 0 Å². The van der Waals surface area contributed by atoms with Crippen molar-refractivity contribution >= 4 is 0 Å². The molecule has 1 saturated heterocycles. The van der Waals surface area contributed by atoms with Crippen molar-refractivity contribution in [3.05, 3.63) is 29.3 Å². The smallest absolute Gasteiger partial charge is 0.122 e. The molecule has 0 atom stereocenters. The number of hydrogen-bond acceptors (Lipinski definition) is 1. The summed E-state index contributed by atoms with van der Waals surface area (Å²) >= 11 is 0. The van der Waals surface area contributed by atoms with E-state index in [2.05, 4.69) is 32.0 Å². The summed E-state index contributed by atoms with van der Waals surface area (Å²) < 4.78 is 5.84. The van der Waals surface area contributed by atoms with E-state index in [9.17, 15) is 0 Å². The lowest BCUT2D eigenvalue weighted by Crippen LogP contribution is -3.10. The van der Waals surface area contributed by atoms with Gasteiger partial charge in [-0.15, -0.1) is 0 Å². The van der Waals surface area contributed by atoms with Crippen molar-refractivity contribution in [2.45, 2.75) is 33.1 Å². The average Bonchev–Trinajstić information content (AvgIpc) is 2.79. The second-order valence-corrected chi connectivity index (χ2v) is 5.18. The molecule has 94 valence electrons. The summed E-state index contributed by atoms with van der Waals surface area (Å²) in [5, 5.41) is 0. The van der Waals surface area contributed by atoms with Crippen LogP contribution in [0.3, 0.4) is 0 Å². The van der Waals surface area contributed by atoms with Gasteiger partial charge in [-0.05, 0) is 25.5 Å². The molecule has 0 aliphatic carbocycles. The molecule has 1 heterocycles. The Morgan fingerprint density at radius 2 is 1.94 bits per heavy atom. The standard InChI is InChI=1S/C15H23NO/c1-13-6-7-15(14(2)12-13)17-11-5-10-16-8-3-4-9-16/h6-7,12H,3-5,8-11H2,1-2H3/p+1. The summed E-state index contributed by atoms with van der Waals surface area (Å²) in [6.45, 7) is 9.09.